The van der Waals surface area contributed by atoms with Crippen LogP contribution in [-0.4, -0.2) is 57.7 Å². The molecule has 0 aliphatic carbocycles. The van der Waals surface area contributed by atoms with E-state index in [-0.39, 0.29) is 0 Å². The lowest BCUT2D eigenvalue weighted by atomic mass is 9.99. The molecule has 6 nitrogen and oxygen atoms in total. The number of ether oxygens (including phenoxy) is 2. The third kappa shape index (κ3) is 2.59. The minimum absolute atomic E-state index is 0.482. The molecular weight excluding hydrogens is 204 g/mol. The van der Waals surface area contributed by atoms with E-state index in [1.54, 1.807) is 0 Å². The van der Waals surface area contributed by atoms with Crippen LogP contribution in [0.3, 0.4) is 0 Å². The molecular formula is C9H14O6. The number of hydrogen-bond acceptors (Lipinski definition) is 6. The van der Waals surface area contributed by atoms with Crippen LogP contribution >= 0.6 is 0 Å². The zero-order valence-electron chi connectivity index (χ0n) is 8.20. The minimum Gasteiger partial charge on any atom is -0.411 e. The van der Waals surface area contributed by atoms with Crippen LogP contribution in [0.4, 0.5) is 0 Å². The third-order valence-electron chi connectivity index (χ3n) is 2.13. The summed E-state index contributed by atoms with van der Waals surface area (Å²) in [4.78, 5) is 0. The van der Waals surface area contributed by atoms with Gasteiger partial charge >= 0.3 is 0 Å². The summed E-state index contributed by atoms with van der Waals surface area (Å²) in [6, 6.07) is 0. The minimum atomic E-state index is -1.43. The first kappa shape index (κ1) is 12.2. The van der Waals surface area contributed by atoms with Crippen molar-refractivity contribution in [2.75, 3.05) is 6.61 Å². The predicted molar refractivity (Wildman–Crippen MR) is 48.3 cm³/mol. The molecule has 0 bridgehead atoms. The van der Waals surface area contributed by atoms with E-state index in [1.807, 2.05) is 0 Å². The first-order valence-corrected chi connectivity index (χ1v) is 4.49. The van der Waals surface area contributed by atoms with Crippen LogP contribution < -0.4 is 0 Å². The maximum Gasteiger partial charge on any atom is 0.239 e. The highest BCUT2D eigenvalue weighted by molar-refractivity contribution is 4.92. The summed E-state index contributed by atoms with van der Waals surface area (Å²) in [6.45, 7) is 1.05. The molecule has 0 aromatic heterocycles. The van der Waals surface area contributed by atoms with Gasteiger partial charge in [0.1, 0.15) is 30.5 Å². The summed E-state index contributed by atoms with van der Waals surface area (Å²) in [6.07, 6.45) is -4.13. The van der Waals surface area contributed by atoms with E-state index in [1.165, 1.54) is 6.92 Å². The van der Waals surface area contributed by atoms with Gasteiger partial charge in [0.2, 0.25) is 6.29 Å². The predicted octanol–water partition coefficient (Wildman–Crippen LogP) is -2.22. The molecule has 6 heteroatoms. The van der Waals surface area contributed by atoms with Crippen LogP contribution in [0.1, 0.15) is 6.92 Å². The molecule has 1 heterocycles. The zero-order valence-corrected chi connectivity index (χ0v) is 8.20. The second kappa shape index (κ2) is 5.30. The maximum atomic E-state index is 9.44. The zero-order chi connectivity index (χ0) is 11.4. The van der Waals surface area contributed by atoms with Gasteiger partial charge in [0, 0.05) is 6.92 Å². The monoisotopic (exact) mass is 218 g/mol. The Labute approximate surface area is 87.1 Å². The summed E-state index contributed by atoms with van der Waals surface area (Å²) >= 11 is 0. The molecule has 15 heavy (non-hydrogen) atoms. The Morgan fingerprint density at radius 3 is 2.40 bits per heavy atom. The quantitative estimate of drug-likeness (QED) is 0.392. The Balaban J connectivity index is 2.68. The first-order valence-electron chi connectivity index (χ1n) is 4.49. The van der Waals surface area contributed by atoms with Crippen molar-refractivity contribution in [3.63, 3.8) is 0 Å². The number of aliphatic hydroxyl groups is 4. The molecule has 86 valence electrons. The maximum absolute atomic E-state index is 9.44. The van der Waals surface area contributed by atoms with E-state index in [0.717, 1.165) is 0 Å². The molecule has 1 aliphatic rings. The van der Waals surface area contributed by atoms with Crippen LogP contribution in [0.5, 0.6) is 0 Å². The van der Waals surface area contributed by atoms with Crippen LogP contribution in [-0.2, 0) is 9.47 Å². The van der Waals surface area contributed by atoms with Gasteiger partial charge in [-0.15, -0.1) is 0 Å². The van der Waals surface area contributed by atoms with Gasteiger partial charge in [-0.05, 0) is 0 Å². The van der Waals surface area contributed by atoms with E-state index in [2.05, 4.69) is 12.0 Å². The van der Waals surface area contributed by atoms with E-state index < -0.39 is 37.3 Å². The fraction of sp³-hybridized carbons (Fsp3) is 0.778. The Bertz CT molecular complexity index is 255. The van der Waals surface area contributed by atoms with Gasteiger partial charge in [-0.2, -0.15) is 0 Å². The van der Waals surface area contributed by atoms with E-state index >= 15 is 0 Å². The van der Waals surface area contributed by atoms with Gasteiger partial charge in [0.05, 0.1) is 6.61 Å². The molecule has 5 atom stereocenters. The normalized spacial score (nSPS) is 40.5. The molecule has 0 saturated carbocycles. The Kier molecular flexibility index (Phi) is 4.32. The topological polar surface area (TPSA) is 99.4 Å². The summed E-state index contributed by atoms with van der Waals surface area (Å²) in [5.41, 5.74) is 0. The van der Waals surface area contributed by atoms with Crippen molar-refractivity contribution in [1.82, 2.24) is 0 Å². The van der Waals surface area contributed by atoms with Crippen molar-refractivity contribution in [2.45, 2.75) is 37.6 Å². The van der Waals surface area contributed by atoms with Crippen molar-refractivity contribution >= 4 is 0 Å². The highest BCUT2D eigenvalue weighted by Gasteiger charge is 2.44. The molecule has 1 aliphatic heterocycles. The standard InChI is InChI=1S/C9H14O6/c1-2-3-14-9-8(13)7(12)6(11)5(4-10)15-9/h5-13H,4H2,1H3/t5-,6+,7+,8-,9-/m1/s1. The molecule has 0 radical (unpaired) electrons. The number of aliphatic hydroxyl groups excluding tert-OH is 4. The van der Waals surface area contributed by atoms with Gasteiger partial charge in [-0.3, -0.25) is 0 Å². The Hall–Kier alpha value is -0.840. The largest absolute Gasteiger partial charge is 0.411 e. The van der Waals surface area contributed by atoms with Gasteiger partial charge in [-0.1, -0.05) is 5.92 Å². The fourth-order valence-electron chi connectivity index (χ4n) is 1.28. The summed E-state index contributed by atoms with van der Waals surface area (Å²) in [5.74, 6) is 2.42. The molecule has 0 unspecified atom stereocenters. The SMILES string of the molecule is CC#CO[C@@H]1O[C@H](CO)[C@H](O)[C@H](O)[C@H]1O. The second-order valence-corrected chi connectivity index (χ2v) is 3.17. The second-order valence-electron chi connectivity index (χ2n) is 3.17. The molecule has 0 spiro atoms. The molecule has 4 N–H and O–H groups in total. The fourth-order valence-corrected chi connectivity index (χ4v) is 1.28. The van der Waals surface area contributed by atoms with Crippen molar-refractivity contribution in [3.8, 4) is 12.0 Å². The van der Waals surface area contributed by atoms with Crippen molar-refractivity contribution in [2.24, 2.45) is 0 Å². The number of rotatable bonds is 2. The number of hydrogen-bond donors (Lipinski definition) is 4. The van der Waals surface area contributed by atoms with E-state index in [4.69, 9.17) is 14.6 Å². The van der Waals surface area contributed by atoms with Gasteiger partial charge in [-0.25, -0.2) is 0 Å². The van der Waals surface area contributed by atoms with Gasteiger partial charge in [0.15, 0.2) is 0 Å². The van der Waals surface area contributed by atoms with E-state index in [0.29, 0.717) is 0 Å². The van der Waals surface area contributed by atoms with Crippen molar-refractivity contribution < 1.29 is 29.9 Å². The summed E-state index contributed by atoms with van der Waals surface area (Å²) in [5, 5.41) is 37.0. The molecule has 1 rings (SSSR count). The summed E-state index contributed by atoms with van der Waals surface area (Å²) in [7, 11) is 0. The smallest absolute Gasteiger partial charge is 0.239 e. The van der Waals surface area contributed by atoms with Crippen molar-refractivity contribution in [1.29, 1.82) is 0 Å². The molecule has 0 amide bonds. The first-order chi connectivity index (χ1) is 7.11. The van der Waals surface area contributed by atoms with E-state index in [9.17, 15) is 15.3 Å². The Morgan fingerprint density at radius 1 is 1.20 bits per heavy atom. The van der Waals surface area contributed by atoms with Crippen LogP contribution in [0.15, 0.2) is 0 Å². The lowest BCUT2D eigenvalue weighted by Crippen LogP contribution is -2.58. The lowest BCUT2D eigenvalue weighted by molar-refractivity contribution is -0.284. The molecule has 0 aromatic carbocycles. The lowest BCUT2D eigenvalue weighted by Gasteiger charge is -2.38. The van der Waals surface area contributed by atoms with Crippen LogP contribution in [0, 0.1) is 12.0 Å². The van der Waals surface area contributed by atoms with Crippen LogP contribution in [0.25, 0.3) is 0 Å². The molecule has 1 saturated heterocycles. The highest BCUT2D eigenvalue weighted by Crippen LogP contribution is 2.21. The molecule has 0 aromatic rings. The van der Waals surface area contributed by atoms with Crippen LogP contribution in [0.2, 0.25) is 0 Å². The average Bonchev–Trinajstić information content (AvgIpc) is 2.25. The summed E-state index contributed by atoms with van der Waals surface area (Å²) < 4.78 is 9.78. The highest BCUT2D eigenvalue weighted by atomic mass is 16.7. The van der Waals surface area contributed by atoms with Crippen molar-refractivity contribution in [3.05, 3.63) is 0 Å². The average molecular weight is 218 g/mol. The third-order valence-corrected chi connectivity index (χ3v) is 2.13. The van der Waals surface area contributed by atoms with Gasteiger partial charge < -0.3 is 29.9 Å². The van der Waals surface area contributed by atoms with Gasteiger partial charge in [0.25, 0.3) is 0 Å². The Morgan fingerprint density at radius 2 is 1.87 bits per heavy atom. The molecule has 1 fully saturated rings.